The van der Waals surface area contributed by atoms with Crippen LogP contribution in [0, 0.1) is 0 Å². The van der Waals surface area contributed by atoms with Crippen molar-refractivity contribution >= 4 is 0 Å². The van der Waals surface area contributed by atoms with Crippen molar-refractivity contribution in [2.75, 3.05) is 0 Å². The van der Waals surface area contributed by atoms with Gasteiger partial charge in [0.15, 0.2) is 0 Å². The molecular weight excluding hydrogens is 131 g/mol. The van der Waals surface area contributed by atoms with Crippen molar-refractivity contribution in [3.8, 4) is 0 Å². The van der Waals surface area contributed by atoms with Crippen LogP contribution < -0.4 is 0 Å². The van der Waals surface area contributed by atoms with E-state index in [1.165, 1.54) is 0 Å². The van der Waals surface area contributed by atoms with Crippen molar-refractivity contribution in [2.45, 2.75) is 36.9 Å². The third-order valence-electron chi connectivity index (χ3n) is 2.67. The Morgan fingerprint density at radius 3 is 2.30 bits per heavy atom. The molecule has 2 aliphatic carbocycles. The highest BCUT2D eigenvalue weighted by molar-refractivity contribution is 5.33. The van der Waals surface area contributed by atoms with Crippen LogP contribution in [0.15, 0.2) is 11.9 Å². The van der Waals surface area contributed by atoms with Crippen LogP contribution >= 0.6 is 0 Å². The Labute approximate surface area is 58.9 Å². The molecule has 2 heteroatoms. The van der Waals surface area contributed by atoms with Crippen molar-refractivity contribution in [1.29, 1.82) is 0 Å². The van der Waals surface area contributed by atoms with E-state index in [0.29, 0.717) is 0 Å². The molecule has 3 aliphatic rings. The summed E-state index contributed by atoms with van der Waals surface area (Å²) < 4.78 is 18.6. The molecule has 0 unspecified atom stereocenters. The van der Waals surface area contributed by atoms with Crippen LogP contribution in [-0.2, 0) is 4.74 Å². The minimum atomic E-state index is -0.406. The van der Waals surface area contributed by atoms with Crippen molar-refractivity contribution in [1.82, 2.24) is 0 Å². The molecule has 2 spiro atoms. The predicted molar refractivity (Wildman–Crippen MR) is 34.2 cm³/mol. The van der Waals surface area contributed by atoms with Crippen molar-refractivity contribution in [2.24, 2.45) is 0 Å². The molecule has 3 rings (SSSR count). The van der Waals surface area contributed by atoms with E-state index in [0.717, 1.165) is 25.7 Å². The van der Waals surface area contributed by atoms with Gasteiger partial charge < -0.3 is 4.74 Å². The van der Waals surface area contributed by atoms with E-state index in [2.05, 4.69) is 0 Å². The van der Waals surface area contributed by atoms with Gasteiger partial charge in [-0.15, -0.1) is 0 Å². The fraction of sp³-hybridized carbons (Fsp3) is 0.750. The normalized spacial score (nSPS) is 36.7. The van der Waals surface area contributed by atoms with Gasteiger partial charge in [0.05, 0.1) is 5.60 Å². The van der Waals surface area contributed by atoms with Gasteiger partial charge in [0.2, 0.25) is 0 Å². The molecule has 1 nitrogen and oxygen atoms in total. The Bertz CT molecular complexity index is 223. The molecule has 0 aromatic rings. The van der Waals surface area contributed by atoms with E-state index in [9.17, 15) is 4.39 Å². The summed E-state index contributed by atoms with van der Waals surface area (Å²) in [6.45, 7) is 0. The molecule has 54 valence electrons. The molecule has 0 radical (unpaired) electrons. The molecule has 0 saturated heterocycles. The smallest absolute Gasteiger partial charge is 0.131 e. The van der Waals surface area contributed by atoms with Crippen molar-refractivity contribution in [3.63, 3.8) is 0 Å². The zero-order valence-electron chi connectivity index (χ0n) is 5.69. The molecule has 0 aromatic heterocycles. The largest absolute Gasteiger partial charge is 0.357 e. The molecule has 0 bridgehead atoms. The third-order valence-corrected chi connectivity index (χ3v) is 2.67. The summed E-state index contributed by atoms with van der Waals surface area (Å²) in [7, 11) is 0. The lowest BCUT2D eigenvalue weighted by Gasteiger charge is -2.09. The fourth-order valence-corrected chi connectivity index (χ4v) is 1.65. The highest BCUT2D eigenvalue weighted by Crippen LogP contribution is 2.60. The van der Waals surface area contributed by atoms with Crippen LogP contribution in [-0.4, -0.2) is 11.2 Å². The van der Waals surface area contributed by atoms with Crippen molar-refractivity contribution < 1.29 is 9.13 Å². The van der Waals surface area contributed by atoms with E-state index < -0.39 is 5.60 Å². The van der Waals surface area contributed by atoms with Gasteiger partial charge in [-0.25, -0.2) is 4.39 Å². The molecule has 0 atom stereocenters. The highest BCUT2D eigenvalue weighted by atomic mass is 19.1. The lowest BCUT2D eigenvalue weighted by atomic mass is 10.3. The molecule has 0 amide bonds. The van der Waals surface area contributed by atoms with Crippen LogP contribution in [0.4, 0.5) is 4.39 Å². The summed E-state index contributed by atoms with van der Waals surface area (Å²) in [5, 5.41) is 0. The Morgan fingerprint density at radius 2 is 2.00 bits per heavy atom. The standard InChI is InChI=1S/C8H9FO/c9-6-5-7(1-2-7)10-8(6)3-4-8/h5H,1-4H2. The zero-order chi connectivity index (χ0) is 6.82. The first kappa shape index (κ1) is 5.30. The molecule has 0 N–H and O–H groups in total. The van der Waals surface area contributed by atoms with Crippen molar-refractivity contribution in [3.05, 3.63) is 11.9 Å². The van der Waals surface area contributed by atoms with E-state index in [-0.39, 0.29) is 11.4 Å². The lowest BCUT2D eigenvalue weighted by Crippen LogP contribution is -2.14. The number of halogens is 1. The second-order valence-corrected chi connectivity index (χ2v) is 3.65. The number of hydrogen-bond donors (Lipinski definition) is 0. The quantitative estimate of drug-likeness (QED) is 0.499. The third kappa shape index (κ3) is 0.473. The molecule has 2 saturated carbocycles. The Kier molecular flexibility index (Phi) is 0.626. The average molecular weight is 140 g/mol. The molecular formula is C8H9FO. The number of ether oxygens (including phenoxy) is 1. The molecule has 1 heterocycles. The Hall–Kier alpha value is -0.370. The van der Waals surface area contributed by atoms with Crippen LogP contribution in [0.25, 0.3) is 0 Å². The maximum absolute atomic E-state index is 13.0. The fourth-order valence-electron chi connectivity index (χ4n) is 1.65. The van der Waals surface area contributed by atoms with Gasteiger partial charge in [-0.3, -0.25) is 0 Å². The number of rotatable bonds is 0. The van der Waals surface area contributed by atoms with E-state index in [1.807, 2.05) is 0 Å². The Morgan fingerprint density at radius 1 is 1.30 bits per heavy atom. The SMILES string of the molecule is FC1=CC2(CC2)OC12CC2. The van der Waals surface area contributed by atoms with Gasteiger partial charge in [-0.2, -0.15) is 0 Å². The summed E-state index contributed by atoms with van der Waals surface area (Å²) in [6, 6.07) is 0. The molecule has 1 aliphatic heterocycles. The maximum atomic E-state index is 13.0. The first-order chi connectivity index (χ1) is 4.75. The van der Waals surface area contributed by atoms with Crippen LogP contribution in [0.1, 0.15) is 25.7 Å². The van der Waals surface area contributed by atoms with Gasteiger partial charge in [0.1, 0.15) is 11.4 Å². The minimum absolute atomic E-state index is 0.00463. The summed E-state index contributed by atoms with van der Waals surface area (Å²) in [5.41, 5.74) is -0.531. The molecule has 0 aromatic carbocycles. The van der Waals surface area contributed by atoms with Gasteiger partial charge in [0.25, 0.3) is 0 Å². The van der Waals surface area contributed by atoms with Gasteiger partial charge >= 0.3 is 0 Å². The predicted octanol–water partition coefficient (Wildman–Crippen LogP) is 1.94. The van der Waals surface area contributed by atoms with Crippen LogP contribution in [0.5, 0.6) is 0 Å². The van der Waals surface area contributed by atoms with Gasteiger partial charge in [-0.05, 0) is 31.8 Å². The van der Waals surface area contributed by atoms with Gasteiger partial charge in [0, 0.05) is 0 Å². The average Bonchev–Trinajstić information content (AvgIpc) is 2.69. The summed E-state index contributed by atoms with van der Waals surface area (Å²) >= 11 is 0. The summed E-state index contributed by atoms with van der Waals surface area (Å²) in [4.78, 5) is 0. The molecule has 2 fully saturated rings. The zero-order valence-corrected chi connectivity index (χ0v) is 5.69. The van der Waals surface area contributed by atoms with Crippen LogP contribution in [0.3, 0.4) is 0 Å². The summed E-state index contributed by atoms with van der Waals surface area (Å²) in [5.74, 6) is 0.00463. The van der Waals surface area contributed by atoms with E-state index in [4.69, 9.17) is 4.74 Å². The number of hydrogen-bond acceptors (Lipinski definition) is 1. The van der Waals surface area contributed by atoms with Gasteiger partial charge in [-0.1, -0.05) is 0 Å². The highest BCUT2D eigenvalue weighted by Gasteiger charge is 2.62. The molecule has 10 heavy (non-hydrogen) atoms. The second-order valence-electron chi connectivity index (χ2n) is 3.65. The Balaban J connectivity index is 2.01. The minimum Gasteiger partial charge on any atom is -0.357 e. The first-order valence-electron chi connectivity index (χ1n) is 3.84. The topological polar surface area (TPSA) is 9.23 Å². The first-order valence-corrected chi connectivity index (χ1v) is 3.84. The van der Waals surface area contributed by atoms with Crippen LogP contribution in [0.2, 0.25) is 0 Å². The lowest BCUT2D eigenvalue weighted by molar-refractivity contribution is 0.0155. The monoisotopic (exact) mass is 140 g/mol. The van der Waals surface area contributed by atoms with E-state index in [1.54, 1.807) is 6.08 Å². The second kappa shape index (κ2) is 1.18. The summed E-state index contributed by atoms with van der Waals surface area (Å²) in [6.07, 6.45) is 5.55. The van der Waals surface area contributed by atoms with E-state index >= 15 is 0 Å². The maximum Gasteiger partial charge on any atom is 0.131 e.